The zero-order valence-electron chi connectivity index (χ0n) is 13.7. The van der Waals surface area contributed by atoms with Crippen molar-refractivity contribution in [3.63, 3.8) is 0 Å². The van der Waals surface area contributed by atoms with Crippen LogP contribution in [0.2, 0.25) is 0 Å². The molecule has 0 heterocycles. The van der Waals surface area contributed by atoms with Crippen LogP contribution in [0.3, 0.4) is 0 Å². The molecule has 2 aromatic rings. The lowest BCUT2D eigenvalue weighted by Crippen LogP contribution is -2.08. The Morgan fingerprint density at radius 3 is 2.32 bits per heavy atom. The third-order valence-corrected chi connectivity index (χ3v) is 3.27. The van der Waals surface area contributed by atoms with Crippen LogP contribution in [0.4, 0.5) is 23.2 Å². The van der Waals surface area contributed by atoms with Crippen LogP contribution < -0.4 is 14.6 Å². The fourth-order valence-electron chi connectivity index (χ4n) is 2.12. The van der Waals surface area contributed by atoms with Gasteiger partial charge in [-0.15, -0.1) is 0 Å². The van der Waals surface area contributed by atoms with Gasteiger partial charge >= 0.3 is 13.2 Å². The number of ketones is 1. The van der Waals surface area contributed by atoms with Gasteiger partial charge in [0.15, 0.2) is 5.78 Å². The molecule has 2 rings (SSSR count). The first kappa shape index (κ1) is 20.7. The molecule has 0 saturated carbocycles. The topological polar surface area (TPSA) is 102 Å². The van der Waals surface area contributed by atoms with Gasteiger partial charge in [-0.05, 0) is 29.5 Å². The summed E-state index contributed by atoms with van der Waals surface area (Å²) in [4.78, 5) is 22.1. The van der Waals surface area contributed by atoms with Crippen molar-refractivity contribution in [3.8, 4) is 17.2 Å². The third-order valence-electron chi connectivity index (χ3n) is 3.27. The molecule has 0 spiro atoms. The van der Waals surface area contributed by atoms with E-state index in [-0.39, 0.29) is 11.1 Å². The number of carbonyl (C=O) groups excluding carboxylic acids is 1. The highest BCUT2D eigenvalue weighted by Gasteiger charge is 2.17. The summed E-state index contributed by atoms with van der Waals surface area (Å²) in [6.07, 6.45) is 2.01. The van der Waals surface area contributed by atoms with Gasteiger partial charge in [0.1, 0.15) is 11.5 Å². The molecule has 0 aliphatic rings. The van der Waals surface area contributed by atoms with E-state index >= 15 is 0 Å². The number of alkyl halides is 4. The number of hydrogen-bond donors (Lipinski definition) is 0. The van der Waals surface area contributed by atoms with E-state index in [0.29, 0.717) is 6.07 Å². The maximum atomic E-state index is 12.5. The Hall–Kier alpha value is -3.63. The van der Waals surface area contributed by atoms with E-state index in [4.69, 9.17) is 0 Å². The Labute approximate surface area is 154 Å². The van der Waals surface area contributed by atoms with Crippen molar-refractivity contribution in [1.82, 2.24) is 0 Å². The molecule has 0 aliphatic heterocycles. The number of rotatable bonds is 8. The predicted molar refractivity (Wildman–Crippen MR) is 85.6 cm³/mol. The standard InChI is InChI=1S/C17H11F4NO6/c18-16(19)27-10-3-4-11(15(8-10)28-17(20)21)13(23)5-1-9-2-6-14(24)12(7-9)22(25)26/h1-8,16-17,24H/p-1/b5-1+. The van der Waals surface area contributed by atoms with E-state index in [2.05, 4.69) is 9.47 Å². The average Bonchev–Trinajstić information content (AvgIpc) is 2.59. The van der Waals surface area contributed by atoms with Crippen molar-refractivity contribution in [2.45, 2.75) is 13.2 Å². The second-order valence-electron chi connectivity index (χ2n) is 5.10. The van der Waals surface area contributed by atoms with Gasteiger partial charge in [0.05, 0.1) is 10.5 Å². The highest BCUT2D eigenvalue weighted by atomic mass is 19.3. The van der Waals surface area contributed by atoms with Crippen molar-refractivity contribution in [1.29, 1.82) is 0 Å². The first-order valence-corrected chi connectivity index (χ1v) is 7.39. The van der Waals surface area contributed by atoms with Gasteiger partial charge in [0.25, 0.3) is 5.69 Å². The molecule has 0 fully saturated rings. The van der Waals surface area contributed by atoms with Crippen molar-refractivity contribution in [2.75, 3.05) is 0 Å². The molecule has 0 N–H and O–H groups in total. The van der Waals surface area contributed by atoms with Crippen molar-refractivity contribution in [3.05, 3.63) is 63.7 Å². The summed E-state index contributed by atoms with van der Waals surface area (Å²) in [6, 6.07) is 5.70. The minimum absolute atomic E-state index is 0.133. The number of carbonyl (C=O) groups is 1. The molecule has 7 nitrogen and oxygen atoms in total. The lowest BCUT2D eigenvalue weighted by atomic mass is 10.1. The number of nitro benzene ring substituents is 1. The summed E-state index contributed by atoms with van der Waals surface area (Å²) in [5, 5.41) is 22.1. The molecule has 11 heteroatoms. The van der Waals surface area contributed by atoms with Gasteiger partial charge in [-0.3, -0.25) is 14.9 Å². The monoisotopic (exact) mass is 400 g/mol. The van der Waals surface area contributed by atoms with Crippen LogP contribution in [0, 0.1) is 10.1 Å². The summed E-state index contributed by atoms with van der Waals surface area (Å²) < 4.78 is 57.8. The van der Waals surface area contributed by atoms with E-state index < -0.39 is 46.9 Å². The number of halogens is 4. The fourth-order valence-corrected chi connectivity index (χ4v) is 2.12. The van der Waals surface area contributed by atoms with E-state index in [1.165, 1.54) is 6.07 Å². The van der Waals surface area contributed by atoms with Crippen LogP contribution in [0.15, 0.2) is 42.5 Å². The van der Waals surface area contributed by atoms with Gasteiger partial charge in [0, 0.05) is 12.1 Å². The Balaban J connectivity index is 2.31. The van der Waals surface area contributed by atoms with Crippen LogP contribution in [-0.4, -0.2) is 23.9 Å². The second-order valence-corrected chi connectivity index (χ2v) is 5.10. The zero-order chi connectivity index (χ0) is 20.8. The molecule has 0 bridgehead atoms. The summed E-state index contributed by atoms with van der Waals surface area (Å²) in [6.45, 7) is -6.54. The molecule has 0 atom stereocenters. The summed E-state index contributed by atoms with van der Waals surface area (Å²) >= 11 is 0. The molecule has 2 aromatic carbocycles. The van der Waals surface area contributed by atoms with Crippen molar-refractivity contribution >= 4 is 17.5 Å². The Morgan fingerprint density at radius 1 is 1.04 bits per heavy atom. The second kappa shape index (κ2) is 8.84. The number of ether oxygens (including phenoxy) is 2. The Kier molecular flexibility index (Phi) is 6.53. The summed E-state index contributed by atoms with van der Waals surface area (Å²) in [5.74, 6) is -2.86. The number of nitro groups is 1. The maximum absolute atomic E-state index is 12.5. The molecule has 0 aromatic heterocycles. The van der Waals surface area contributed by atoms with Crippen LogP contribution in [-0.2, 0) is 0 Å². The zero-order valence-corrected chi connectivity index (χ0v) is 13.7. The normalized spacial score (nSPS) is 11.2. The number of allylic oxidation sites excluding steroid dienone is 1. The van der Waals surface area contributed by atoms with E-state index in [1.807, 2.05) is 0 Å². The maximum Gasteiger partial charge on any atom is 0.387 e. The first-order valence-electron chi connectivity index (χ1n) is 7.39. The lowest BCUT2D eigenvalue weighted by molar-refractivity contribution is -0.398. The Morgan fingerprint density at radius 2 is 1.71 bits per heavy atom. The number of hydrogen-bond acceptors (Lipinski definition) is 6. The molecule has 0 aliphatic carbocycles. The molecule has 0 radical (unpaired) electrons. The van der Waals surface area contributed by atoms with E-state index in [0.717, 1.165) is 36.4 Å². The molecule has 148 valence electrons. The van der Waals surface area contributed by atoms with Gasteiger partial charge < -0.3 is 14.6 Å². The average molecular weight is 400 g/mol. The highest BCUT2D eigenvalue weighted by Crippen LogP contribution is 2.29. The fraction of sp³-hybridized carbons (Fsp3) is 0.118. The third kappa shape index (κ3) is 5.43. The minimum Gasteiger partial charge on any atom is -0.868 e. The Bertz CT molecular complexity index is 917. The molecular formula is C17H10F4NO6-. The van der Waals surface area contributed by atoms with Gasteiger partial charge in [-0.2, -0.15) is 17.6 Å². The smallest absolute Gasteiger partial charge is 0.387 e. The van der Waals surface area contributed by atoms with Gasteiger partial charge in [-0.25, -0.2) is 0 Å². The molecule has 0 unspecified atom stereocenters. The van der Waals surface area contributed by atoms with Crippen LogP contribution in [0.25, 0.3) is 6.08 Å². The molecule has 28 heavy (non-hydrogen) atoms. The number of benzene rings is 2. The van der Waals surface area contributed by atoms with Crippen LogP contribution in [0.1, 0.15) is 15.9 Å². The van der Waals surface area contributed by atoms with Crippen molar-refractivity contribution in [2.24, 2.45) is 0 Å². The summed E-state index contributed by atoms with van der Waals surface area (Å²) in [7, 11) is 0. The predicted octanol–water partition coefficient (Wildman–Crippen LogP) is 3.77. The lowest BCUT2D eigenvalue weighted by Gasteiger charge is -2.11. The number of nitrogens with zero attached hydrogens (tertiary/aromatic N) is 1. The SMILES string of the molecule is O=C(/C=C/c1ccc([O-])c([N+](=O)[O-])c1)c1ccc(OC(F)F)cc1OC(F)F. The highest BCUT2D eigenvalue weighted by molar-refractivity contribution is 6.08. The largest absolute Gasteiger partial charge is 0.868 e. The summed E-state index contributed by atoms with van der Waals surface area (Å²) in [5.41, 5.74) is -0.952. The minimum atomic E-state index is -3.33. The van der Waals surface area contributed by atoms with E-state index in [9.17, 15) is 37.6 Å². The van der Waals surface area contributed by atoms with Crippen molar-refractivity contribution < 1.29 is 41.9 Å². The van der Waals surface area contributed by atoms with Crippen LogP contribution >= 0.6 is 0 Å². The first-order chi connectivity index (χ1) is 13.2. The van der Waals surface area contributed by atoms with Gasteiger partial charge in [-0.1, -0.05) is 18.2 Å². The quantitative estimate of drug-likeness (QED) is 0.220. The molecule has 0 amide bonds. The molecular weight excluding hydrogens is 390 g/mol. The van der Waals surface area contributed by atoms with Crippen LogP contribution in [0.5, 0.6) is 17.2 Å². The molecule has 0 saturated heterocycles. The van der Waals surface area contributed by atoms with E-state index in [1.54, 1.807) is 0 Å². The van der Waals surface area contributed by atoms with Gasteiger partial charge in [0.2, 0.25) is 0 Å².